The molecule has 1 aromatic heterocycles. The molecule has 1 saturated carbocycles. The Morgan fingerprint density at radius 2 is 1.68 bits per heavy atom. The van der Waals surface area contributed by atoms with Crippen molar-refractivity contribution in [3.05, 3.63) is 24.3 Å². The van der Waals surface area contributed by atoms with E-state index in [1.165, 1.54) is 36.8 Å². The highest BCUT2D eigenvalue weighted by molar-refractivity contribution is 6.38. The molecule has 0 spiro atoms. The Bertz CT molecular complexity index is 1170. The van der Waals surface area contributed by atoms with Gasteiger partial charge in [-0.2, -0.15) is 0 Å². The van der Waals surface area contributed by atoms with Crippen molar-refractivity contribution in [1.82, 2.24) is 36.1 Å². The Hall–Kier alpha value is -3.90. The second-order valence-electron chi connectivity index (χ2n) is 12.6. The molecule has 2 unspecified atom stereocenters. The molecule has 0 aromatic carbocycles. The zero-order valence-corrected chi connectivity index (χ0v) is 27.1. The summed E-state index contributed by atoms with van der Waals surface area (Å²) in [5, 5.41) is 10.4. The SMILES string of the molecule is CCC.CCC[C@@H]1CC(C(=O)N[C@@H](C)C(=O)C(=O)NC2CC2)N(C(=O)C(NC(=O)CNC(=O)c2cnccn2)C(C)(C)C)C1. The fraction of sp³-hybridized carbons (Fsp3) is 0.677. The van der Waals surface area contributed by atoms with Crippen LogP contribution in [0.15, 0.2) is 18.6 Å². The van der Waals surface area contributed by atoms with Gasteiger partial charge in [0.25, 0.3) is 11.8 Å². The lowest BCUT2D eigenvalue weighted by Crippen LogP contribution is -2.59. The molecular weight excluding hydrogens is 566 g/mol. The van der Waals surface area contributed by atoms with Crippen LogP contribution in [0.5, 0.6) is 0 Å². The molecular formula is C31H49N7O6. The van der Waals surface area contributed by atoms with E-state index in [4.69, 9.17) is 0 Å². The zero-order chi connectivity index (χ0) is 33.0. The molecule has 0 bridgehead atoms. The van der Waals surface area contributed by atoms with Gasteiger partial charge < -0.3 is 26.2 Å². The van der Waals surface area contributed by atoms with E-state index in [0.29, 0.717) is 13.0 Å². The molecule has 1 aliphatic heterocycles. The number of carbonyl (C=O) groups excluding carboxylic acids is 6. The average molecular weight is 616 g/mol. The third kappa shape index (κ3) is 11.0. The van der Waals surface area contributed by atoms with Crippen molar-refractivity contribution < 1.29 is 28.8 Å². The van der Waals surface area contributed by atoms with Crippen molar-refractivity contribution in [2.75, 3.05) is 13.1 Å². The summed E-state index contributed by atoms with van der Waals surface area (Å²) in [6.45, 7) is 13.0. The lowest BCUT2D eigenvalue weighted by atomic mass is 9.85. The van der Waals surface area contributed by atoms with Crippen LogP contribution in [0.25, 0.3) is 0 Å². The summed E-state index contributed by atoms with van der Waals surface area (Å²) in [5.41, 5.74) is -0.676. The normalized spacial score (nSPS) is 19.0. The van der Waals surface area contributed by atoms with E-state index in [1.807, 2.05) is 6.92 Å². The second kappa shape index (κ2) is 16.8. The fourth-order valence-electron chi connectivity index (χ4n) is 4.78. The highest BCUT2D eigenvalue weighted by Crippen LogP contribution is 2.31. The van der Waals surface area contributed by atoms with E-state index in [9.17, 15) is 28.8 Å². The molecule has 4 N–H and O–H groups in total. The van der Waals surface area contributed by atoms with Crippen LogP contribution in [0.4, 0.5) is 0 Å². The minimum Gasteiger partial charge on any atom is -0.347 e. The van der Waals surface area contributed by atoms with Gasteiger partial charge in [-0.1, -0.05) is 54.4 Å². The number of Topliss-reactive ketones (excluding diaryl/α,β-unsaturated/α-hetero) is 1. The van der Waals surface area contributed by atoms with Gasteiger partial charge in [-0.25, -0.2) is 4.98 Å². The minimum atomic E-state index is -1.06. The van der Waals surface area contributed by atoms with Crippen LogP contribution in [-0.4, -0.2) is 87.4 Å². The molecule has 13 heteroatoms. The van der Waals surface area contributed by atoms with Crippen LogP contribution in [0.1, 0.15) is 97.5 Å². The number of rotatable bonds is 12. The molecule has 5 amide bonds. The Morgan fingerprint density at radius 3 is 2.23 bits per heavy atom. The van der Waals surface area contributed by atoms with E-state index < -0.39 is 58.9 Å². The van der Waals surface area contributed by atoms with Gasteiger partial charge >= 0.3 is 0 Å². The van der Waals surface area contributed by atoms with E-state index in [-0.39, 0.29) is 24.2 Å². The predicted molar refractivity (Wildman–Crippen MR) is 164 cm³/mol. The molecule has 4 atom stereocenters. The van der Waals surface area contributed by atoms with Gasteiger partial charge in [0.15, 0.2) is 0 Å². The van der Waals surface area contributed by atoms with Gasteiger partial charge in [-0.15, -0.1) is 0 Å². The summed E-state index contributed by atoms with van der Waals surface area (Å²) in [4.78, 5) is 86.2. The zero-order valence-electron chi connectivity index (χ0n) is 27.1. The molecule has 0 radical (unpaired) electrons. The first-order valence-electron chi connectivity index (χ1n) is 15.5. The largest absolute Gasteiger partial charge is 0.347 e. The van der Waals surface area contributed by atoms with E-state index in [1.54, 1.807) is 20.8 Å². The summed E-state index contributed by atoms with van der Waals surface area (Å²) in [7, 11) is 0. The number of carbonyl (C=O) groups is 6. The monoisotopic (exact) mass is 615 g/mol. The van der Waals surface area contributed by atoms with Crippen molar-refractivity contribution in [2.45, 2.75) is 111 Å². The maximum Gasteiger partial charge on any atom is 0.289 e. The lowest BCUT2D eigenvalue weighted by Gasteiger charge is -2.35. The lowest BCUT2D eigenvalue weighted by molar-refractivity contribution is -0.145. The van der Waals surface area contributed by atoms with Crippen LogP contribution in [0, 0.1) is 11.3 Å². The van der Waals surface area contributed by atoms with E-state index in [0.717, 1.165) is 25.7 Å². The standard InChI is InChI=1S/C28H41N7O6.C3H8/c1-6-7-17-12-20(25(39)32-16(2)22(37)26(40)33-18-8-9-18)35(15-17)27(41)23(28(3,4)5)34-21(36)14-31-24(38)19-13-29-10-11-30-19;1-3-2/h10-11,13,16-18,20,23H,6-9,12,14-15H2,1-5H3,(H,31,38)(H,32,39)(H,33,40)(H,34,36);3H2,1-2H3/t16-,17+,20?,23?;/m0./s1. The summed E-state index contributed by atoms with van der Waals surface area (Å²) in [6.07, 6.45) is 9.03. The average Bonchev–Trinajstić information content (AvgIpc) is 3.69. The fourth-order valence-corrected chi connectivity index (χ4v) is 4.78. The third-order valence-electron chi connectivity index (χ3n) is 7.18. The number of aromatic nitrogens is 2. The Balaban J connectivity index is 0.00000216. The molecule has 2 heterocycles. The predicted octanol–water partition coefficient (Wildman–Crippen LogP) is 1.52. The number of likely N-dealkylation sites (tertiary alicyclic amines) is 1. The van der Waals surface area contributed by atoms with Gasteiger partial charge in [-0.05, 0) is 43.9 Å². The molecule has 44 heavy (non-hydrogen) atoms. The molecule has 1 aliphatic carbocycles. The van der Waals surface area contributed by atoms with Gasteiger partial charge in [-0.3, -0.25) is 33.8 Å². The maximum atomic E-state index is 13.9. The van der Waals surface area contributed by atoms with Crippen LogP contribution in [0.2, 0.25) is 0 Å². The van der Waals surface area contributed by atoms with Crippen molar-refractivity contribution in [3.63, 3.8) is 0 Å². The Morgan fingerprint density at radius 1 is 1.02 bits per heavy atom. The topological polar surface area (TPSA) is 180 Å². The summed E-state index contributed by atoms with van der Waals surface area (Å²) in [6, 6.07) is -2.90. The third-order valence-corrected chi connectivity index (χ3v) is 7.18. The number of nitrogens with one attached hydrogen (secondary N) is 4. The molecule has 1 saturated heterocycles. The minimum absolute atomic E-state index is 0.0111. The van der Waals surface area contributed by atoms with Crippen molar-refractivity contribution in [1.29, 1.82) is 0 Å². The quantitative estimate of drug-likeness (QED) is 0.256. The second-order valence-corrected chi connectivity index (χ2v) is 12.6. The molecule has 3 rings (SSSR count). The Labute approximate surface area is 260 Å². The molecule has 2 fully saturated rings. The van der Waals surface area contributed by atoms with E-state index >= 15 is 0 Å². The van der Waals surface area contributed by atoms with Crippen molar-refractivity contribution >= 4 is 35.3 Å². The Kier molecular flexibility index (Phi) is 13.9. The number of hydrogen-bond acceptors (Lipinski definition) is 8. The van der Waals surface area contributed by atoms with Gasteiger partial charge in [0.2, 0.25) is 23.5 Å². The molecule has 13 nitrogen and oxygen atoms in total. The number of nitrogens with zero attached hydrogens (tertiary/aromatic N) is 3. The van der Waals surface area contributed by atoms with Crippen molar-refractivity contribution in [3.8, 4) is 0 Å². The first kappa shape index (κ1) is 36.3. The van der Waals surface area contributed by atoms with Crippen LogP contribution in [-0.2, 0) is 24.0 Å². The summed E-state index contributed by atoms with van der Waals surface area (Å²) >= 11 is 0. The highest BCUT2D eigenvalue weighted by Gasteiger charge is 2.45. The first-order valence-corrected chi connectivity index (χ1v) is 15.5. The molecule has 1 aromatic rings. The smallest absolute Gasteiger partial charge is 0.289 e. The van der Waals surface area contributed by atoms with Gasteiger partial charge in [0, 0.05) is 25.0 Å². The van der Waals surface area contributed by atoms with Crippen LogP contribution in [0.3, 0.4) is 0 Å². The van der Waals surface area contributed by atoms with Gasteiger partial charge in [0.05, 0.1) is 18.8 Å². The molecule has 244 valence electrons. The number of amides is 5. The number of ketones is 1. The summed E-state index contributed by atoms with van der Waals surface area (Å²) < 4.78 is 0. The van der Waals surface area contributed by atoms with Crippen LogP contribution >= 0.6 is 0 Å². The summed E-state index contributed by atoms with van der Waals surface area (Å²) in [5.74, 6) is -3.53. The highest BCUT2D eigenvalue weighted by atomic mass is 16.2. The van der Waals surface area contributed by atoms with Crippen molar-refractivity contribution in [2.24, 2.45) is 11.3 Å². The first-order chi connectivity index (χ1) is 20.7. The number of hydrogen-bond donors (Lipinski definition) is 4. The van der Waals surface area contributed by atoms with Crippen LogP contribution < -0.4 is 21.3 Å². The molecule has 2 aliphatic rings. The van der Waals surface area contributed by atoms with Gasteiger partial charge in [0.1, 0.15) is 17.8 Å². The van der Waals surface area contributed by atoms with E-state index in [2.05, 4.69) is 45.1 Å². The maximum absolute atomic E-state index is 13.9.